The molecule has 0 saturated carbocycles. The SMILES string of the molecule is CCc1cccc2c(C(=O)C(F)(F)F)cn(CC(=O)N3CCCc4ccccc43)c12. The van der Waals surface area contributed by atoms with E-state index in [0.29, 0.717) is 18.5 Å². The van der Waals surface area contributed by atoms with Crippen LogP contribution in [0.5, 0.6) is 0 Å². The molecule has 3 aromatic rings. The number of hydrogen-bond donors (Lipinski definition) is 0. The molecule has 2 aromatic carbocycles. The molecule has 7 heteroatoms. The van der Waals surface area contributed by atoms with Crippen molar-refractivity contribution in [3.63, 3.8) is 0 Å². The molecule has 0 radical (unpaired) electrons. The second-order valence-corrected chi connectivity index (χ2v) is 7.44. The summed E-state index contributed by atoms with van der Waals surface area (Å²) in [6.07, 6.45) is -1.52. The first-order valence-electron chi connectivity index (χ1n) is 9.91. The molecular formula is C23H21F3N2O2. The number of rotatable bonds is 4. The number of benzene rings is 2. The van der Waals surface area contributed by atoms with E-state index in [2.05, 4.69) is 0 Å². The van der Waals surface area contributed by atoms with Crippen LogP contribution in [0.2, 0.25) is 0 Å². The summed E-state index contributed by atoms with van der Waals surface area (Å²) in [4.78, 5) is 26.8. The van der Waals surface area contributed by atoms with Crippen molar-refractivity contribution in [2.24, 2.45) is 0 Å². The molecule has 0 fully saturated rings. The van der Waals surface area contributed by atoms with Gasteiger partial charge in [0.1, 0.15) is 6.54 Å². The minimum Gasteiger partial charge on any atom is -0.337 e. The summed E-state index contributed by atoms with van der Waals surface area (Å²) in [7, 11) is 0. The van der Waals surface area contributed by atoms with Gasteiger partial charge in [-0.1, -0.05) is 43.3 Å². The Labute approximate surface area is 171 Å². The lowest BCUT2D eigenvalue weighted by Crippen LogP contribution is -2.37. The number of para-hydroxylation sites is 2. The third-order valence-electron chi connectivity index (χ3n) is 5.58. The zero-order valence-electron chi connectivity index (χ0n) is 16.5. The average molecular weight is 414 g/mol. The second-order valence-electron chi connectivity index (χ2n) is 7.44. The molecule has 1 aliphatic rings. The summed E-state index contributed by atoms with van der Waals surface area (Å²) in [5.74, 6) is -2.11. The van der Waals surface area contributed by atoms with Gasteiger partial charge in [0, 0.05) is 23.8 Å². The number of aryl methyl sites for hydroxylation is 2. The molecule has 4 rings (SSSR count). The Balaban J connectivity index is 1.76. The quantitative estimate of drug-likeness (QED) is 0.568. The molecular weight excluding hydrogens is 393 g/mol. The van der Waals surface area contributed by atoms with Crippen LogP contribution in [-0.2, 0) is 24.2 Å². The van der Waals surface area contributed by atoms with Crippen molar-refractivity contribution in [2.45, 2.75) is 38.9 Å². The highest BCUT2D eigenvalue weighted by atomic mass is 19.4. The standard InChI is InChI=1S/C23H21F3N2O2/c1-2-15-8-5-10-17-18(22(30)23(24,25)26)13-27(21(15)17)14-20(29)28-12-6-9-16-7-3-4-11-19(16)28/h3-5,7-8,10-11,13H,2,6,9,12,14H2,1H3. The normalized spacial score (nSPS) is 14.1. The molecule has 1 amide bonds. The summed E-state index contributed by atoms with van der Waals surface area (Å²) in [5.41, 5.74) is 2.80. The van der Waals surface area contributed by atoms with E-state index in [0.717, 1.165) is 29.7 Å². The third-order valence-corrected chi connectivity index (χ3v) is 5.58. The van der Waals surface area contributed by atoms with Gasteiger partial charge in [-0.2, -0.15) is 13.2 Å². The minimum atomic E-state index is -4.98. The monoisotopic (exact) mass is 414 g/mol. The number of Topliss-reactive ketones (excluding diaryl/α,β-unsaturated/α-hetero) is 1. The van der Waals surface area contributed by atoms with Crippen molar-refractivity contribution in [3.05, 3.63) is 65.4 Å². The Kier molecular flexibility index (Phi) is 5.13. The highest BCUT2D eigenvalue weighted by molar-refractivity contribution is 6.11. The van der Waals surface area contributed by atoms with Gasteiger partial charge in [0.25, 0.3) is 5.78 Å². The van der Waals surface area contributed by atoms with E-state index in [1.165, 1.54) is 16.8 Å². The molecule has 0 atom stereocenters. The maximum atomic E-state index is 13.1. The molecule has 0 unspecified atom stereocenters. The number of halogens is 3. The molecule has 1 aliphatic heterocycles. The van der Waals surface area contributed by atoms with E-state index in [4.69, 9.17) is 0 Å². The molecule has 156 valence electrons. The van der Waals surface area contributed by atoms with Gasteiger partial charge in [-0.15, -0.1) is 0 Å². The van der Waals surface area contributed by atoms with Crippen LogP contribution < -0.4 is 4.90 Å². The van der Waals surface area contributed by atoms with Gasteiger partial charge in [0.2, 0.25) is 5.91 Å². The van der Waals surface area contributed by atoms with Gasteiger partial charge in [-0.05, 0) is 36.5 Å². The molecule has 4 nitrogen and oxygen atoms in total. The first-order valence-corrected chi connectivity index (χ1v) is 9.91. The minimum absolute atomic E-state index is 0.132. The topological polar surface area (TPSA) is 42.3 Å². The zero-order chi connectivity index (χ0) is 21.5. The van der Waals surface area contributed by atoms with Crippen LogP contribution in [0.4, 0.5) is 18.9 Å². The number of amides is 1. The first-order chi connectivity index (χ1) is 14.3. The summed E-state index contributed by atoms with van der Waals surface area (Å²) in [6.45, 7) is 2.32. The summed E-state index contributed by atoms with van der Waals surface area (Å²) in [5, 5.41) is 0.225. The molecule has 0 aliphatic carbocycles. The van der Waals surface area contributed by atoms with Crippen molar-refractivity contribution >= 4 is 28.3 Å². The van der Waals surface area contributed by atoms with E-state index >= 15 is 0 Å². The van der Waals surface area contributed by atoms with Crippen molar-refractivity contribution < 1.29 is 22.8 Å². The zero-order valence-corrected chi connectivity index (χ0v) is 16.5. The Hall–Kier alpha value is -3.09. The Morgan fingerprint density at radius 3 is 2.57 bits per heavy atom. The number of fused-ring (bicyclic) bond motifs is 2. The van der Waals surface area contributed by atoms with Crippen LogP contribution in [0, 0.1) is 0 Å². The third kappa shape index (κ3) is 3.49. The highest BCUT2D eigenvalue weighted by Crippen LogP contribution is 2.32. The van der Waals surface area contributed by atoms with Crippen LogP contribution in [0.15, 0.2) is 48.7 Å². The fraction of sp³-hybridized carbons (Fsp3) is 0.304. The van der Waals surface area contributed by atoms with Gasteiger partial charge < -0.3 is 9.47 Å². The van der Waals surface area contributed by atoms with E-state index < -0.39 is 17.5 Å². The lowest BCUT2D eigenvalue weighted by Gasteiger charge is -2.29. The van der Waals surface area contributed by atoms with Crippen molar-refractivity contribution in [2.75, 3.05) is 11.4 Å². The maximum absolute atomic E-state index is 13.1. The number of anilines is 1. The number of nitrogens with zero attached hydrogens (tertiary/aromatic N) is 2. The van der Waals surface area contributed by atoms with Gasteiger partial charge in [-0.3, -0.25) is 9.59 Å². The average Bonchev–Trinajstić information content (AvgIpc) is 3.10. The molecule has 2 heterocycles. The van der Waals surface area contributed by atoms with Crippen LogP contribution in [0.25, 0.3) is 10.9 Å². The van der Waals surface area contributed by atoms with Gasteiger partial charge >= 0.3 is 6.18 Å². The van der Waals surface area contributed by atoms with Gasteiger partial charge in [0.05, 0.1) is 11.1 Å². The number of carbonyl (C=O) groups excluding carboxylic acids is 2. The second kappa shape index (κ2) is 7.63. The number of ketones is 1. The van der Waals surface area contributed by atoms with Gasteiger partial charge in [-0.25, -0.2) is 0 Å². The largest absolute Gasteiger partial charge is 0.454 e. The van der Waals surface area contributed by atoms with E-state index in [1.54, 1.807) is 17.0 Å². The Morgan fingerprint density at radius 1 is 1.07 bits per heavy atom. The van der Waals surface area contributed by atoms with Crippen molar-refractivity contribution in [3.8, 4) is 0 Å². The molecule has 30 heavy (non-hydrogen) atoms. The van der Waals surface area contributed by atoms with Crippen LogP contribution in [-0.4, -0.2) is 29.0 Å². The van der Waals surface area contributed by atoms with E-state index in [9.17, 15) is 22.8 Å². The molecule has 0 saturated heterocycles. The number of hydrogen-bond acceptors (Lipinski definition) is 2. The Bertz CT molecular complexity index is 1130. The first kappa shape index (κ1) is 20.2. The maximum Gasteiger partial charge on any atom is 0.454 e. The predicted octanol–water partition coefficient (Wildman–Crippen LogP) is 4.93. The summed E-state index contributed by atoms with van der Waals surface area (Å²) >= 11 is 0. The van der Waals surface area contributed by atoms with Crippen molar-refractivity contribution in [1.29, 1.82) is 0 Å². The van der Waals surface area contributed by atoms with E-state index in [-0.39, 0.29) is 17.8 Å². The van der Waals surface area contributed by atoms with Crippen LogP contribution >= 0.6 is 0 Å². The lowest BCUT2D eigenvalue weighted by atomic mass is 10.0. The Morgan fingerprint density at radius 2 is 1.83 bits per heavy atom. The number of carbonyl (C=O) groups is 2. The molecule has 0 spiro atoms. The predicted molar refractivity (Wildman–Crippen MR) is 109 cm³/mol. The van der Waals surface area contributed by atoms with Crippen molar-refractivity contribution in [1.82, 2.24) is 4.57 Å². The molecule has 1 aromatic heterocycles. The molecule has 0 N–H and O–H groups in total. The van der Waals surface area contributed by atoms with Gasteiger partial charge in [0.15, 0.2) is 0 Å². The summed E-state index contributed by atoms with van der Waals surface area (Å²) < 4.78 is 40.9. The van der Waals surface area contributed by atoms with Crippen LogP contribution in [0.3, 0.4) is 0 Å². The molecule has 0 bridgehead atoms. The highest BCUT2D eigenvalue weighted by Gasteiger charge is 2.41. The summed E-state index contributed by atoms with van der Waals surface area (Å²) in [6, 6.07) is 12.6. The fourth-order valence-electron chi connectivity index (χ4n) is 4.21. The lowest BCUT2D eigenvalue weighted by molar-refractivity contribution is -0.119. The number of alkyl halides is 3. The smallest absolute Gasteiger partial charge is 0.337 e. The fourth-order valence-corrected chi connectivity index (χ4v) is 4.21. The number of aromatic nitrogens is 1. The van der Waals surface area contributed by atoms with E-state index in [1.807, 2.05) is 31.2 Å². The van der Waals surface area contributed by atoms with Crippen LogP contribution in [0.1, 0.15) is 34.8 Å².